The molecule has 15 aromatic rings. The first-order valence-corrected chi connectivity index (χ1v) is 22.7. The molecule has 316 valence electrons. The summed E-state index contributed by atoms with van der Waals surface area (Å²) in [7, 11) is 0. The predicted octanol–water partition coefficient (Wildman–Crippen LogP) is 16.5. The molecule has 5 aromatic heterocycles. The Balaban J connectivity index is 1.01. The molecule has 0 radical (unpaired) electrons. The van der Waals surface area contributed by atoms with Gasteiger partial charge in [-0.2, -0.15) is 0 Å². The number of hydrogen-bond acceptors (Lipinski definition) is 6. The Labute approximate surface area is 386 Å². The second-order valence-corrected chi connectivity index (χ2v) is 17.5. The predicted molar refractivity (Wildman–Crippen MR) is 275 cm³/mol. The van der Waals surface area contributed by atoms with Crippen LogP contribution < -0.4 is 0 Å². The van der Waals surface area contributed by atoms with Crippen molar-refractivity contribution in [3.05, 3.63) is 206 Å². The van der Waals surface area contributed by atoms with Gasteiger partial charge in [0.25, 0.3) is 0 Å². The van der Waals surface area contributed by atoms with Crippen molar-refractivity contribution >= 4 is 98.4 Å². The summed E-state index contributed by atoms with van der Waals surface area (Å²) in [5.74, 6) is 1.64. The van der Waals surface area contributed by atoms with E-state index in [1.54, 1.807) is 0 Å². The second kappa shape index (κ2) is 14.1. The first-order chi connectivity index (χ1) is 33.7. The third-order valence-corrected chi connectivity index (χ3v) is 13.6. The van der Waals surface area contributed by atoms with Gasteiger partial charge in [0.1, 0.15) is 33.5 Å². The minimum atomic E-state index is 0.539. The molecule has 0 bridgehead atoms. The lowest BCUT2D eigenvalue weighted by atomic mass is 9.97. The number of hydrogen-bond donors (Lipinski definition) is 0. The summed E-state index contributed by atoms with van der Waals surface area (Å²) in [5, 5.41) is 10.9. The van der Waals surface area contributed by atoms with Gasteiger partial charge < -0.3 is 17.8 Å². The van der Waals surface area contributed by atoms with Gasteiger partial charge >= 0.3 is 0 Å². The normalized spacial score (nSPS) is 12.1. The van der Waals surface area contributed by atoms with E-state index in [-0.39, 0.29) is 0 Å². The zero-order valence-corrected chi connectivity index (χ0v) is 36.1. The van der Waals surface area contributed by atoms with Crippen LogP contribution in [0.1, 0.15) is 0 Å². The fourth-order valence-corrected chi connectivity index (χ4v) is 10.5. The van der Waals surface area contributed by atoms with E-state index in [1.807, 2.05) is 72.8 Å². The van der Waals surface area contributed by atoms with Crippen LogP contribution >= 0.6 is 0 Å². The average Bonchev–Trinajstić information content (AvgIpc) is 4.16. The maximum Gasteiger partial charge on any atom is 0.164 e. The van der Waals surface area contributed by atoms with E-state index >= 15 is 0 Å². The van der Waals surface area contributed by atoms with Crippen molar-refractivity contribution in [3.63, 3.8) is 0 Å². The van der Waals surface area contributed by atoms with Crippen molar-refractivity contribution in [2.24, 2.45) is 0 Å². The van der Waals surface area contributed by atoms with E-state index in [9.17, 15) is 0 Å². The summed E-state index contributed by atoms with van der Waals surface area (Å²) in [6, 6.07) is 71.7. The second-order valence-electron chi connectivity index (χ2n) is 17.5. The van der Waals surface area contributed by atoms with Gasteiger partial charge in [-0.1, -0.05) is 115 Å². The fourth-order valence-electron chi connectivity index (χ4n) is 10.5. The molecule has 0 saturated carbocycles. The SMILES string of the molecule is c1ccc2cc3c(cc2c1)c1ccccc1n3-c1ccc(-c2nc(-c3ccc4oc5ccccc5c4c3)nc(-c3ccc4oc5ccccc5c4c3)n2)cc1-c1cccc2c1oc1ccccc12. The number of para-hydroxylation sites is 5. The Morgan fingerprint density at radius 2 is 0.779 bits per heavy atom. The highest BCUT2D eigenvalue weighted by atomic mass is 16.3. The number of fused-ring (bicyclic) bond motifs is 13. The maximum atomic E-state index is 6.79. The van der Waals surface area contributed by atoms with E-state index in [0.29, 0.717) is 17.5 Å². The Morgan fingerprint density at radius 3 is 1.43 bits per heavy atom. The summed E-state index contributed by atoms with van der Waals surface area (Å²) in [4.78, 5) is 15.9. The molecule has 7 nitrogen and oxygen atoms in total. The first-order valence-electron chi connectivity index (χ1n) is 22.7. The molecule has 5 heterocycles. The third kappa shape index (κ3) is 5.50. The summed E-state index contributed by atoms with van der Waals surface area (Å²) in [6.45, 7) is 0. The lowest BCUT2D eigenvalue weighted by Crippen LogP contribution is -2.02. The Morgan fingerprint density at radius 1 is 0.294 bits per heavy atom. The minimum absolute atomic E-state index is 0.539. The van der Waals surface area contributed by atoms with Gasteiger partial charge in [-0.15, -0.1) is 0 Å². The highest BCUT2D eigenvalue weighted by Crippen LogP contribution is 2.44. The molecule has 0 unspecified atom stereocenters. The standard InChI is InChI=1S/C61H34N4O3/c1-2-13-36-34-52-46(30-35(36)12-1)40-14-3-7-20-50(40)65(52)51-27-24-37(31-47(51)45-19-11-18-44-41-15-4-10-23-55(41)68-58(44)45)59-62-60(38-25-28-56-48(32-38)42-16-5-8-21-53(42)66-56)64-61(63-59)39-26-29-57-49(33-39)43-17-6-9-22-54(43)67-57/h1-34H. The first kappa shape index (κ1) is 36.9. The summed E-state index contributed by atoms with van der Waals surface area (Å²) >= 11 is 0. The largest absolute Gasteiger partial charge is 0.456 e. The molecule has 0 spiro atoms. The number of aromatic nitrogens is 4. The Bertz CT molecular complexity index is 4460. The monoisotopic (exact) mass is 870 g/mol. The number of benzene rings is 10. The molecule has 0 aliphatic rings. The molecule has 0 atom stereocenters. The smallest absolute Gasteiger partial charge is 0.164 e. The van der Waals surface area contributed by atoms with Crippen LogP contribution in [0.2, 0.25) is 0 Å². The van der Waals surface area contributed by atoms with Gasteiger partial charge in [0.2, 0.25) is 0 Å². The maximum absolute atomic E-state index is 6.79. The van der Waals surface area contributed by atoms with E-state index < -0.39 is 0 Å². The third-order valence-electron chi connectivity index (χ3n) is 13.6. The lowest BCUT2D eigenvalue weighted by molar-refractivity contribution is 0.668. The molecule has 0 amide bonds. The van der Waals surface area contributed by atoms with E-state index in [0.717, 1.165) is 110 Å². The van der Waals surface area contributed by atoms with Crippen molar-refractivity contribution in [3.8, 4) is 51.0 Å². The quantitative estimate of drug-likeness (QED) is 0.171. The lowest BCUT2D eigenvalue weighted by Gasteiger charge is -2.16. The van der Waals surface area contributed by atoms with Crippen molar-refractivity contribution in [1.29, 1.82) is 0 Å². The highest BCUT2D eigenvalue weighted by molar-refractivity contribution is 6.15. The molecule has 0 aliphatic heterocycles. The average molecular weight is 871 g/mol. The van der Waals surface area contributed by atoms with Crippen LogP contribution in [0.15, 0.2) is 220 Å². The molecule has 68 heavy (non-hydrogen) atoms. The number of rotatable bonds is 5. The Hall–Kier alpha value is -9.33. The van der Waals surface area contributed by atoms with E-state index in [4.69, 9.17) is 28.2 Å². The van der Waals surface area contributed by atoms with Crippen LogP contribution in [0.5, 0.6) is 0 Å². The van der Waals surface area contributed by atoms with Crippen LogP contribution in [0.4, 0.5) is 0 Å². The van der Waals surface area contributed by atoms with Crippen LogP contribution in [0, 0.1) is 0 Å². The van der Waals surface area contributed by atoms with Gasteiger partial charge in [0, 0.05) is 70.9 Å². The zero-order chi connectivity index (χ0) is 44.5. The molecule has 15 rings (SSSR count). The van der Waals surface area contributed by atoms with Gasteiger partial charge in [-0.25, -0.2) is 15.0 Å². The van der Waals surface area contributed by atoms with Crippen LogP contribution in [0.25, 0.3) is 149 Å². The van der Waals surface area contributed by atoms with Gasteiger partial charge in [-0.05, 0) is 102 Å². The fraction of sp³-hybridized carbons (Fsp3) is 0. The highest BCUT2D eigenvalue weighted by Gasteiger charge is 2.23. The summed E-state index contributed by atoms with van der Waals surface area (Å²) in [5.41, 5.74) is 12.6. The molecule has 0 fully saturated rings. The van der Waals surface area contributed by atoms with Crippen molar-refractivity contribution in [1.82, 2.24) is 19.5 Å². The van der Waals surface area contributed by atoms with Crippen LogP contribution in [-0.2, 0) is 0 Å². The topological polar surface area (TPSA) is 83.0 Å². The number of nitrogens with zero attached hydrogens (tertiary/aromatic N) is 4. The van der Waals surface area contributed by atoms with Crippen molar-refractivity contribution < 1.29 is 13.3 Å². The van der Waals surface area contributed by atoms with Crippen LogP contribution in [0.3, 0.4) is 0 Å². The van der Waals surface area contributed by atoms with Gasteiger partial charge in [0.05, 0.1) is 16.7 Å². The van der Waals surface area contributed by atoms with Gasteiger partial charge in [0.15, 0.2) is 17.5 Å². The van der Waals surface area contributed by atoms with Crippen molar-refractivity contribution in [2.45, 2.75) is 0 Å². The van der Waals surface area contributed by atoms with Crippen molar-refractivity contribution in [2.75, 3.05) is 0 Å². The number of furan rings is 3. The molecular weight excluding hydrogens is 837 g/mol. The minimum Gasteiger partial charge on any atom is -0.456 e. The molecule has 0 aliphatic carbocycles. The van der Waals surface area contributed by atoms with E-state index in [1.165, 1.54) is 21.5 Å². The molecule has 10 aromatic carbocycles. The Kier molecular flexibility index (Phi) is 7.65. The molecular formula is C61H34N4O3. The summed E-state index contributed by atoms with van der Waals surface area (Å²) < 4.78 is 21.7. The molecule has 7 heteroatoms. The summed E-state index contributed by atoms with van der Waals surface area (Å²) in [6.07, 6.45) is 0. The van der Waals surface area contributed by atoms with Gasteiger partial charge in [-0.3, -0.25) is 0 Å². The molecule has 0 saturated heterocycles. The zero-order valence-electron chi connectivity index (χ0n) is 36.1. The molecule has 0 N–H and O–H groups in total. The van der Waals surface area contributed by atoms with Crippen LogP contribution in [-0.4, -0.2) is 19.5 Å². The van der Waals surface area contributed by atoms with E-state index in [2.05, 4.69) is 138 Å².